The average Bonchev–Trinajstić information content (AvgIpc) is 2.29. The van der Waals surface area contributed by atoms with Crippen molar-refractivity contribution in [1.82, 2.24) is 5.32 Å². The first kappa shape index (κ1) is 12.4. The molecule has 0 heterocycles. The average molecular weight is 233 g/mol. The lowest BCUT2D eigenvalue weighted by molar-refractivity contribution is 0.276. The minimum Gasteiger partial charge on any atom is -0.494 e. The highest BCUT2D eigenvalue weighted by Crippen LogP contribution is 2.40. The van der Waals surface area contributed by atoms with Crippen LogP contribution in [0.1, 0.15) is 44.6 Å². The Morgan fingerprint density at radius 3 is 2.71 bits per heavy atom. The van der Waals surface area contributed by atoms with Gasteiger partial charge in [-0.2, -0.15) is 0 Å². The number of ether oxygens (including phenoxy) is 1. The second kappa shape index (κ2) is 6.06. The van der Waals surface area contributed by atoms with Crippen LogP contribution in [0, 0.1) is 0 Å². The van der Waals surface area contributed by atoms with Crippen LogP contribution in [0.5, 0.6) is 5.75 Å². The van der Waals surface area contributed by atoms with Gasteiger partial charge in [-0.15, -0.1) is 0 Å². The van der Waals surface area contributed by atoms with E-state index in [-0.39, 0.29) is 0 Å². The van der Waals surface area contributed by atoms with Crippen LogP contribution >= 0.6 is 0 Å². The molecule has 0 unspecified atom stereocenters. The number of benzene rings is 1. The van der Waals surface area contributed by atoms with E-state index in [9.17, 15) is 0 Å². The Balaban J connectivity index is 1.91. The minimum atomic E-state index is 0.687. The maximum Gasteiger partial charge on any atom is 0.122 e. The van der Waals surface area contributed by atoms with E-state index in [1.54, 1.807) is 0 Å². The van der Waals surface area contributed by atoms with Crippen molar-refractivity contribution in [2.24, 2.45) is 0 Å². The quantitative estimate of drug-likeness (QED) is 0.813. The van der Waals surface area contributed by atoms with Gasteiger partial charge in [-0.05, 0) is 50.3 Å². The van der Waals surface area contributed by atoms with Gasteiger partial charge in [0.1, 0.15) is 5.75 Å². The highest BCUT2D eigenvalue weighted by atomic mass is 16.5. The first-order chi connectivity index (χ1) is 8.35. The molecule has 0 atom stereocenters. The predicted octanol–water partition coefficient (Wildman–Crippen LogP) is 3.33. The van der Waals surface area contributed by atoms with Crippen molar-refractivity contribution in [1.29, 1.82) is 0 Å². The second-order valence-corrected chi connectivity index (χ2v) is 4.79. The van der Waals surface area contributed by atoms with Crippen LogP contribution in [0.25, 0.3) is 0 Å². The van der Waals surface area contributed by atoms with Crippen LogP contribution in [0.4, 0.5) is 0 Å². The monoisotopic (exact) mass is 233 g/mol. The smallest absolute Gasteiger partial charge is 0.122 e. The third-order valence-corrected chi connectivity index (χ3v) is 3.48. The van der Waals surface area contributed by atoms with E-state index < -0.39 is 0 Å². The highest BCUT2D eigenvalue weighted by molar-refractivity contribution is 5.37. The zero-order valence-corrected chi connectivity index (χ0v) is 10.9. The Kier molecular flexibility index (Phi) is 4.43. The molecule has 0 aliphatic heterocycles. The number of hydrogen-bond donors (Lipinski definition) is 1. The van der Waals surface area contributed by atoms with Crippen molar-refractivity contribution in [3.05, 3.63) is 29.8 Å². The van der Waals surface area contributed by atoms with Crippen LogP contribution < -0.4 is 10.1 Å². The van der Waals surface area contributed by atoms with Crippen molar-refractivity contribution in [3.63, 3.8) is 0 Å². The van der Waals surface area contributed by atoms with Gasteiger partial charge in [0.25, 0.3) is 0 Å². The van der Waals surface area contributed by atoms with Crippen molar-refractivity contribution in [2.75, 3.05) is 13.2 Å². The van der Waals surface area contributed by atoms with Gasteiger partial charge in [-0.25, -0.2) is 0 Å². The molecule has 0 aromatic heterocycles. The van der Waals surface area contributed by atoms with E-state index in [0.717, 1.165) is 24.9 Å². The van der Waals surface area contributed by atoms with Crippen molar-refractivity contribution in [3.8, 4) is 5.75 Å². The maximum absolute atomic E-state index is 5.69. The maximum atomic E-state index is 5.69. The zero-order valence-electron chi connectivity index (χ0n) is 10.9. The van der Waals surface area contributed by atoms with Crippen LogP contribution in [-0.4, -0.2) is 19.2 Å². The summed E-state index contributed by atoms with van der Waals surface area (Å²) in [6, 6.07) is 9.19. The third-order valence-electron chi connectivity index (χ3n) is 3.48. The Labute approximate surface area is 104 Å². The molecule has 0 spiro atoms. The summed E-state index contributed by atoms with van der Waals surface area (Å²) < 4.78 is 5.69. The fraction of sp³-hybridized carbons (Fsp3) is 0.600. The predicted molar refractivity (Wildman–Crippen MR) is 71.7 cm³/mol. The number of para-hydroxylation sites is 1. The van der Waals surface area contributed by atoms with Gasteiger partial charge >= 0.3 is 0 Å². The highest BCUT2D eigenvalue weighted by Gasteiger charge is 2.31. The summed E-state index contributed by atoms with van der Waals surface area (Å²) in [7, 11) is 0. The van der Waals surface area contributed by atoms with Crippen LogP contribution in [0.2, 0.25) is 0 Å². The van der Waals surface area contributed by atoms with Gasteiger partial charge in [0.15, 0.2) is 0 Å². The van der Waals surface area contributed by atoms with E-state index in [0.29, 0.717) is 5.92 Å². The van der Waals surface area contributed by atoms with E-state index in [1.165, 1.54) is 24.8 Å². The molecule has 1 saturated carbocycles. The molecule has 2 rings (SSSR count). The topological polar surface area (TPSA) is 21.3 Å². The molecule has 2 heteroatoms. The molecule has 0 saturated heterocycles. The lowest BCUT2D eigenvalue weighted by Gasteiger charge is -2.37. The molecular weight excluding hydrogens is 210 g/mol. The van der Waals surface area contributed by atoms with Gasteiger partial charge in [0, 0.05) is 6.04 Å². The van der Waals surface area contributed by atoms with Crippen LogP contribution in [0.15, 0.2) is 24.3 Å². The standard InChI is InChI=1S/C15H23NO/c1-3-9-16-13-10-12(11-13)14-7-5-6-8-15(14)17-4-2/h5-8,12-13,16H,3-4,9-11H2,1-2H3. The van der Waals surface area contributed by atoms with E-state index in [4.69, 9.17) is 4.74 Å². The fourth-order valence-corrected chi connectivity index (χ4v) is 2.49. The van der Waals surface area contributed by atoms with Crippen molar-refractivity contribution < 1.29 is 4.74 Å². The first-order valence-corrected chi connectivity index (χ1v) is 6.80. The normalized spacial score (nSPS) is 23.2. The number of hydrogen-bond acceptors (Lipinski definition) is 2. The summed E-state index contributed by atoms with van der Waals surface area (Å²) in [5, 5.41) is 3.58. The third kappa shape index (κ3) is 3.01. The molecule has 1 aliphatic rings. The molecule has 17 heavy (non-hydrogen) atoms. The summed E-state index contributed by atoms with van der Waals surface area (Å²) >= 11 is 0. The Bertz CT molecular complexity index is 345. The molecule has 1 aromatic rings. The van der Waals surface area contributed by atoms with Crippen LogP contribution in [0.3, 0.4) is 0 Å². The summed E-state index contributed by atoms with van der Waals surface area (Å²) in [5.74, 6) is 1.76. The van der Waals surface area contributed by atoms with Gasteiger partial charge in [-0.1, -0.05) is 25.1 Å². The fourth-order valence-electron chi connectivity index (χ4n) is 2.49. The van der Waals surface area contributed by atoms with Gasteiger partial charge in [0.2, 0.25) is 0 Å². The first-order valence-electron chi connectivity index (χ1n) is 6.80. The molecule has 2 nitrogen and oxygen atoms in total. The second-order valence-electron chi connectivity index (χ2n) is 4.79. The Hall–Kier alpha value is -1.02. The largest absolute Gasteiger partial charge is 0.494 e. The van der Waals surface area contributed by atoms with E-state index >= 15 is 0 Å². The molecule has 1 aliphatic carbocycles. The van der Waals surface area contributed by atoms with E-state index in [2.05, 4.69) is 36.5 Å². The molecule has 1 fully saturated rings. The Morgan fingerprint density at radius 1 is 1.24 bits per heavy atom. The lowest BCUT2D eigenvalue weighted by atomic mass is 9.75. The number of nitrogens with one attached hydrogen (secondary N) is 1. The summed E-state index contributed by atoms with van der Waals surface area (Å²) in [6.45, 7) is 6.16. The van der Waals surface area contributed by atoms with Crippen molar-refractivity contribution >= 4 is 0 Å². The molecule has 0 amide bonds. The minimum absolute atomic E-state index is 0.687. The molecular formula is C15H23NO. The molecule has 1 N–H and O–H groups in total. The number of rotatable bonds is 6. The SMILES string of the molecule is CCCNC1CC(c2ccccc2OCC)C1. The van der Waals surface area contributed by atoms with Crippen molar-refractivity contribution in [2.45, 2.75) is 45.1 Å². The molecule has 0 radical (unpaired) electrons. The molecule has 0 bridgehead atoms. The Morgan fingerprint density at radius 2 is 2.00 bits per heavy atom. The summed E-state index contributed by atoms with van der Waals surface area (Å²) in [4.78, 5) is 0. The summed E-state index contributed by atoms with van der Waals surface area (Å²) in [6.07, 6.45) is 3.73. The van der Waals surface area contributed by atoms with Crippen LogP contribution in [-0.2, 0) is 0 Å². The van der Waals surface area contributed by atoms with E-state index in [1.807, 2.05) is 6.92 Å². The summed E-state index contributed by atoms with van der Waals surface area (Å²) in [5.41, 5.74) is 1.39. The van der Waals surface area contributed by atoms with Gasteiger partial charge in [0.05, 0.1) is 6.61 Å². The lowest BCUT2D eigenvalue weighted by Crippen LogP contribution is -2.40. The van der Waals surface area contributed by atoms with Gasteiger partial charge < -0.3 is 10.1 Å². The molecule has 94 valence electrons. The van der Waals surface area contributed by atoms with Gasteiger partial charge in [-0.3, -0.25) is 0 Å². The zero-order chi connectivity index (χ0) is 12.1. The molecule has 1 aromatic carbocycles.